The van der Waals surface area contributed by atoms with Crippen molar-refractivity contribution in [2.45, 2.75) is 456 Å². The number of esters is 1. The van der Waals surface area contributed by atoms with Gasteiger partial charge in [-0.2, -0.15) is 0 Å². The van der Waals surface area contributed by atoms with Gasteiger partial charge in [0.25, 0.3) is 0 Å². The van der Waals surface area contributed by atoms with Crippen LogP contribution in [0, 0.1) is 0 Å². The van der Waals surface area contributed by atoms with Gasteiger partial charge in [-0.25, -0.2) is 0 Å². The molecule has 3 N–H and O–H groups in total. The highest BCUT2D eigenvalue weighted by Crippen LogP contribution is 2.20. The molecule has 0 heterocycles. The summed E-state index contributed by atoms with van der Waals surface area (Å²) >= 11 is 0. The number of amides is 1. The Bertz CT molecular complexity index is 1180. The van der Waals surface area contributed by atoms with Crippen LogP contribution in [-0.4, -0.2) is 47.4 Å². The van der Waals surface area contributed by atoms with Crippen LogP contribution in [-0.2, 0) is 14.3 Å². The third-order valence-electron chi connectivity index (χ3n) is 18.2. The first-order valence-electron chi connectivity index (χ1n) is 37.8. The summed E-state index contributed by atoms with van der Waals surface area (Å²) in [6.07, 6.45) is 87.5. The lowest BCUT2D eigenvalue weighted by Crippen LogP contribution is -2.45. The Balaban J connectivity index is 3.31. The molecule has 0 aromatic rings. The normalized spacial score (nSPS) is 12.4. The van der Waals surface area contributed by atoms with Gasteiger partial charge in [-0.1, -0.05) is 406 Å². The maximum Gasteiger partial charge on any atom is 0.305 e. The van der Waals surface area contributed by atoms with Crippen molar-refractivity contribution in [1.82, 2.24) is 5.32 Å². The first kappa shape index (κ1) is 79.9. The van der Waals surface area contributed by atoms with E-state index in [9.17, 15) is 19.8 Å². The van der Waals surface area contributed by atoms with E-state index in [1.165, 1.54) is 372 Å². The van der Waals surface area contributed by atoms with E-state index in [0.29, 0.717) is 25.9 Å². The van der Waals surface area contributed by atoms with Gasteiger partial charge in [0, 0.05) is 12.8 Å². The molecule has 0 aliphatic carbocycles. The molecule has 0 saturated carbocycles. The molecular weight excluding hydrogens is 995 g/mol. The smallest absolute Gasteiger partial charge is 0.305 e. The molecule has 0 bridgehead atoms. The van der Waals surface area contributed by atoms with E-state index in [4.69, 9.17) is 4.74 Å². The zero-order valence-corrected chi connectivity index (χ0v) is 55.6. The van der Waals surface area contributed by atoms with Gasteiger partial charge < -0.3 is 20.3 Å². The maximum absolute atomic E-state index is 12.5. The fraction of sp³-hybridized carbons (Fsp3) is 0.973. The van der Waals surface area contributed by atoms with Gasteiger partial charge in [0.1, 0.15) is 0 Å². The zero-order valence-electron chi connectivity index (χ0n) is 55.6. The molecule has 6 heteroatoms. The molecule has 6 nitrogen and oxygen atoms in total. The molecule has 81 heavy (non-hydrogen) atoms. The standard InChI is InChI=1S/C75H149NO5/c1-3-5-7-9-11-13-15-17-19-20-34-37-40-43-47-51-55-59-63-67-73(78)72(71-77)76-74(79)68-64-60-56-52-48-44-41-38-35-32-30-28-26-24-22-21-23-25-27-29-31-33-36-39-42-46-50-54-58-62-66-70-81-75(80)69-65-61-57-53-49-45-18-16-14-12-10-8-6-4-2/h72-73,77-78H,3-71H2,1-2H3,(H,76,79). The minimum Gasteiger partial charge on any atom is -0.466 e. The van der Waals surface area contributed by atoms with Crippen LogP contribution in [0.3, 0.4) is 0 Å². The van der Waals surface area contributed by atoms with E-state index in [2.05, 4.69) is 19.2 Å². The Kier molecular flexibility index (Phi) is 70.3. The summed E-state index contributed by atoms with van der Waals surface area (Å²) in [5.41, 5.74) is 0. The molecule has 0 aliphatic heterocycles. The second-order valence-electron chi connectivity index (χ2n) is 26.4. The van der Waals surface area contributed by atoms with E-state index in [1.54, 1.807) is 0 Å². The van der Waals surface area contributed by atoms with E-state index in [-0.39, 0.29) is 18.5 Å². The molecule has 484 valence electrons. The van der Waals surface area contributed by atoms with Crippen molar-refractivity contribution < 1.29 is 24.5 Å². The van der Waals surface area contributed by atoms with Crippen LogP contribution in [0.5, 0.6) is 0 Å². The van der Waals surface area contributed by atoms with Gasteiger partial charge in [-0.3, -0.25) is 9.59 Å². The number of carbonyl (C=O) groups is 2. The number of nitrogens with one attached hydrogen (secondary N) is 1. The number of hydrogen-bond acceptors (Lipinski definition) is 5. The number of unbranched alkanes of at least 4 members (excludes halogenated alkanes) is 61. The molecule has 0 spiro atoms. The lowest BCUT2D eigenvalue weighted by Gasteiger charge is -2.22. The molecule has 0 aliphatic rings. The quantitative estimate of drug-likeness (QED) is 0.0417. The summed E-state index contributed by atoms with van der Waals surface area (Å²) in [4.78, 5) is 24.6. The van der Waals surface area contributed by atoms with E-state index in [1.807, 2.05) is 0 Å². The first-order valence-corrected chi connectivity index (χ1v) is 37.8. The molecule has 2 unspecified atom stereocenters. The van der Waals surface area contributed by atoms with Crippen LogP contribution in [0.4, 0.5) is 0 Å². The Hall–Kier alpha value is -1.14. The van der Waals surface area contributed by atoms with Crippen molar-refractivity contribution in [3.05, 3.63) is 0 Å². The van der Waals surface area contributed by atoms with Gasteiger partial charge in [0.2, 0.25) is 5.91 Å². The SMILES string of the molecule is CCCCCCCCCCCCCCCCCCCCCC(O)C(CO)NC(=O)CCCCCCCCCCCCCCCCCCCCCCCCCCCCCCCCCOC(=O)CCCCCCCCCCCCCCCC. The highest BCUT2D eigenvalue weighted by atomic mass is 16.5. The largest absolute Gasteiger partial charge is 0.466 e. The third-order valence-corrected chi connectivity index (χ3v) is 18.2. The predicted molar refractivity (Wildman–Crippen MR) is 357 cm³/mol. The number of rotatable bonds is 72. The van der Waals surface area contributed by atoms with E-state index < -0.39 is 12.1 Å². The van der Waals surface area contributed by atoms with Crippen LogP contribution in [0.2, 0.25) is 0 Å². The Morgan fingerprint density at radius 3 is 0.753 bits per heavy atom. The number of carbonyl (C=O) groups excluding carboxylic acids is 2. The van der Waals surface area contributed by atoms with Crippen LogP contribution >= 0.6 is 0 Å². The van der Waals surface area contributed by atoms with E-state index in [0.717, 1.165) is 38.5 Å². The van der Waals surface area contributed by atoms with Gasteiger partial charge >= 0.3 is 5.97 Å². The minimum atomic E-state index is -0.661. The summed E-state index contributed by atoms with van der Waals surface area (Å²) in [6, 6.07) is -0.538. The summed E-state index contributed by atoms with van der Waals surface area (Å²) < 4.78 is 5.50. The lowest BCUT2D eigenvalue weighted by atomic mass is 10.0. The molecule has 0 radical (unpaired) electrons. The van der Waals surface area contributed by atoms with Gasteiger partial charge in [-0.05, 0) is 25.7 Å². The van der Waals surface area contributed by atoms with Crippen molar-refractivity contribution in [3.8, 4) is 0 Å². The summed E-state index contributed by atoms with van der Waals surface area (Å²) in [5.74, 6) is -0.00103. The van der Waals surface area contributed by atoms with E-state index >= 15 is 0 Å². The summed E-state index contributed by atoms with van der Waals surface area (Å²) in [6.45, 7) is 5.01. The van der Waals surface area contributed by atoms with Gasteiger partial charge in [0.05, 0.1) is 25.4 Å². The van der Waals surface area contributed by atoms with Crippen LogP contribution < -0.4 is 5.32 Å². The molecule has 1 amide bonds. The Labute approximate surface area is 508 Å². The van der Waals surface area contributed by atoms with Gasteiger partial charge in [-0.15, -0.1) is 0 Å². The molecular formula is C75H149NO5. The predicted octanol–water partition coefficient (Wildman–Crippen LogP) is 24.5. The maximum atomic E-state index is 12.5. The monoisotopic (exact) mass is 1140 g/mol. The van der Waals surface area contributed by atoms with Gasteiger partial charge in [0.15, 0.2) is 0 Å². The molecule has 2 atom stereocenters. The van der Waals surface area contributed by atoms with Crippen LogP contribution in [0.25, 0.3) is 0 Å². The average Bonchev–Trinajstić information content (AvgIpc) is 3.47. The number of ether oxygens (including phenoxy) is 1. The molecule has 0 saturated heterocycles. The summed E-state index contributed by atoms with van der Waals surface area (Å²) in [7, 11) is 0. The first-order chi connectivity index (χ1) is 40.0. The number of aliphatic hydroxyl groups is 2. The molecule has 0 aromatic carbocycles. The minimum absolute atomic E-state index is 0.0243. The Morgan fingerprint density at radius 2 is 0.506 bits per heavy atom. The summed E-state index contributed by atoms with van der Waals surface area (Å²) in [5, 5.41) is 23.4. The average molecular weight is 1150 g/mol. The molecule has 0 fully saturated rings. The highest BCUT2D eigenvalue weighted by Gasteiger charge is 2.20. The van der Waals surface area contributed by atoms with Crippen LogP contribution in [0.15, 0.2) is 0 Å². The fourth-order valence-corrected chi connectivity index (χ4v) is 12.4. The van der Waals surface area contributed by atoms with Crippen molar-refractivity contribution in [2.24, 2.45) is 0 Å². The second-order valence-corrected chi connectivity index (χ2v) is 26.4. The topological polar surface area (TPSA) is 95.9 Å². The van der Waals surface area contributed by atoms with Crippen LogP contribution in [0.1, 0.15) is 444 Å². The Morgan fingerprint density at radius 1 is 0.296 bits per heavy atom. The molecule has 0 rings (SSSR count). The number of hydrogen-bond donors (Lipinski definition) is 3. The molecule has 0 aromatic heterocycles. The third kappa shape index (κ3) is 67.9. The van der Waals surface area contributed by atoms with Crippen molar-refractivity contribution in [1.29, 1.82) is 0 Å². The zero-order chi connectivity index (χ0) is 58.5. The van der Waals surface area contributed by atoms with Crippen molar-refractivity contribution in [3.63, 3.8) is 0 Å². The number of aliphatic hydroxyl groups excluding tert-OH is 2. The van der Waals surface area contributed by atoms with Crippen molar-refractivity contribution in [2.75, 3.05) is 13.2 Å². The second kappa shape index (κ2) is 71.3. The highest BCUT2D eigenvalue weighted by molar-refractivity contribution is 5.76. The van der Waals surface area contributed by atoms with Crippen molar-refractivity contribution >= 4 is 11.9 Å². The fourth-order valence-electron chi connectivity index (χ4n) is 12.4. The lowest BCUT2D eigenvalue weighted by molar-refractivity contribution is -0.143.